The van der Waals surface area contributed by atoms with Gasteiger partial charge in [0, 0.05) is 5.92 Å². The molecule has 2 aromatic rings. The first-order valence-electron chi connectivity index (χ1n) is 6.73. The molecule has 1 aliphatic carbocycles. The number of aromatic nitrogens is 1. The van der Waals surface area contributed by atoms with Crippen molar-refractivity contribution >= 4 is 27.5 Å². The zero-order chi connectivity index (χ0) is 14.3. The Morgan fingerprint density at radius 2 is 2.25 bits per heavy atom. The van der Waals surface area contributed by atoms with Gasteiger partial charge in [0.15, 0.2) is 4.80 Å². The molecule has 0 atom stereocenters. The summed E-state index contributed by atoms with van der Waals surface area (Å²) in [4.78, 5) is 17.0. The van der Waals surface area contributed by atoms with E-state index in [2.05, 4.69) is 36.9 Å². The molecule has 0 saturated heterocycles. The second-order valence-corrected chi connectivity index (χ2v) is 6.34. The lowest BCUT2D eigenvalue weighted by Gasteiger charge is -2.04. The van der Waals surface area contributed by atoms with E-state index < -0.39 is 0 Å². The SMILES string of the molecule is C#CCn1c(=NC(=O)C2CC2)sc2cc(C)cc(C)c21. The molecule has 3 rings (SSSR count). The average molecular weight is 284 g/mol. The molecule has 0 unspecified atom stereocenters. The summed E-state index contributed by atoms with van der Waals surface area (Å²) in [6.07, 6.45) is 7.42. The van der Waals surface area contributed by atoms with Gasteiger partial charge in [0.2, 0.25) is 0 Å². The topological polar surface area (TPSA) is 34.4 Å². The third kappa shape index (κ3) is 2.30. The van der Waals surface area contributed by atoms with Crippen LogP contribution < -0.4 is 4.80 Å². The van der Waals surface area contributed by atoms with E-state index in [4.69, 9.17) is 6.42 Å². The highest BCUT2D eigenvalue weighted by Crippen LogP contribution is 2.30. The van der Waals surface area contributed by atoms with Crippen LogP contribution in [0.1, 0.15) is 24.0 Å². The zero-order valence-electron chi connectivity index (χ0n) is 11.6. The largest absolute Gasteiger partial charge is 0.304 e. The number of rotatable bonds is 2. The number of nitrogens with zero attached hydrogens (tertiary/aromatic N) is 2. The summed E-state index contributed by atoms with van der Waals surface area (Å²) in [7, 11) is 0. The zero-order valence-corrected chi connectivity index (χ0v) is 12.5. The fourth-order valence-electron chi connectivity index (χ4n) is 2.43. The third-order valence-electron chi connectivity index (χ3n) is 3.49. The number of benzene rings is 1. The second-order valence-electron chi connectivity index (χ2n) is 5.33. The summed E-state index contributed by atoms with van der Waals surface area (Å²) < 4.78 is 3.12. The molecule has 4 heteroatoms. The van der Waals surface area contributed by atoms with Crippen LogP contribution >= 0.6 is 11.3 Å². The molecule has 20 heavy (non-hydrogen) atoms. The molecule has 1 amide bonds. The van der Waals surface area contributed by atoms with Gasteiger partial charge in [-0.2, -0.15) is 4.99 Å². The Morgan fingerprint density at radius 1 is 1.50 bits per heavy atom. The lowest BCUT2D eigenvalue weighted by Crippen LogP contribution is -2.17. The molecule has 0 bridgehead atoms. The molecule has 1 aromatic carbocycles. The smallest absolute Gasteiger partial charge is 0.251 e. The minimum atomic E-state index is -0.00305. The summed E-state index contributed by atoms with van der Waals surface area (Å²) in [6, 6.07) is 4.26. The van der Waals surface area contributed by atoms with Crippen molar-refractivity contribution in [1.82, 2.24) is 4.57 Å². The highest BCUT2D eigenvalue weighted by atomic mass is 32.1. The predicted molar refractivity (Wildman–Crippen MR) is 81.4 cm³/mol. The highest BCUT2D eigenvalue weighted by Gasteiger charge is 2.29. The summed E-state index contributed by atoms with van der Waals surface area (Å²) in [6.45, 7) is 4.59. The minimum absolute atomic E-state index is 0.00305. The molecule has 1 fully saturated rings. The molecule has 1 saturated carbocycles. The van der Waals surface area contributed by atoms with E-state index in [0.717, 1.165) is 27.9 Å². The molecular weight excluding hydrogens is 268 g/mol. The Kier molecular flexibility index (Phi) is 3.23. The normalized spacial score (nSPS) is 15.6. The van der Waals surface area contributed by atoms with E-state index in [1.165, 1.54) is 11.1 Å². The van der Waals surface area contributed by atoms with Gasteiger partial charge in [-0.1, -0.05) is 23.3 Å². The van der Waals surface area contributed by atoms with Crippen LogP contribution in [0.15, 0.2) is 17.1 Å². The maximum Gasteiger partial charge on any atom is 0.251 e. The number of hydrogen-bond donors (Lipinski definition) is 0. The Labute approximate surface area is 122 Å². The van der Waals surface area contributed by atoms with Crippen LogP contribution in [0.3, 0.4) is 0 Å². The van der Waals surface area contributed by atoms with Crippen molar-refractivity contribution in [3.8, 4) is 12.3 Å². The summed E-state index contributed by atoms with van der Waals surface area (Å²) in [5, 5.41) is 0. The monoisotopic (exact) mass is 284 g/mol. The quantitative estimate of drug-likeness (QED) is 0.781. The predicted octanol–water partition coefficient (Wildman–Crippen LogP) is 2.79. The molecule has 1 aromatic heterocycles. The second kappa shape index (κ2) is 4.92. The van der Waals surface area contributed by atoms with Gasteiger partial charge in [-0.15, -0.1) is 6.42 Å². The Balaban J connectivity index is 2.25. The van der Waals surface area contributed by atoms with E-state index in [1.54, 1.807) is 11.3 Å². The molecule has 0 radical (unpaired) electrons. The number of amides is 1. The van der Waals surface area contributed by atoms with Crippen molar-refractivity contribution in [1.29, 1.82) is 0 Å². The van der Waals surface area contributed by atoms with Crippen molar-refractivity contribution in [2.75, 3.05) is 0 Å². The van der Waals surface area contributed by atoms with Crippen LogP contribution in [-0.4, -0.2) is 10.5 Å². The van der Waals surface area contributed by atoms with Gasteiger partial charge in [-0.25, -0.2) is 0 Å². The van der Waals surface area contributed by atoms with Gasteiger partial charge in [-0.3, -0.25) is 4.79 Å². The lowest BCUT2D eigenvalue weighted by molar-refractivity contribution is -0.119. The van der Waals surface area contributed by atoms with E-state index in [1.807, 2.05) is 4.57 Å². The van der Waals surface area contributed by atoms with Crippen molar-refractivity contribution in [2.24, 2.45) is 10.9 Å². The maximum atomic E-state index is 11.9. The number of carbonyl (C=O) groups is 1. The van der Waals surface area contributed by atoms with E-state index in [-0.39, 0.29) is 11.8 Å². The summed E-state index contributed by atoms with van der Waals surface area (Å²) in [5.41, 5.74) is 3.48. The van der Waals surface area contributed by atoms with E-state index in [9.17, 15) is 4.79 Å². The molecule has 1 aliphatic rings. The Morgan fingerprint density at radius 3 is 2.90 bits per heavy atom. The first-order valence-corrected chi connectivity index (χ1v) is 7.54. The van der Waals surface area contributed by atoms with Gasteiger partial charge >= 0.3 is 0 Å². The van der Waals surface area contributed by atoms with Crippen LogP contribution in [0.4, 0.5) is 0 Å². The maximum absolute atomic E-state index is 11.9. The Bertz CT molecular complexity index is 800. The Hall–Kier alpha value is -1.86. The van der Waals surface area contributed by atoms with Gasteiger partial charge in [0.05, 0.1) is 16.8 Å². The fourth-order valence-corrected chi connectivity index (χ4v) is 3.64. The number of hydrogen-bond acceptors (Lipinski definition) is 2. The number of aryl methyl sites for hydroxylation is 2. The minimum Gasteiger partial charge on any atom is -0.304 e. The molecule has 3 nitrogen and oxygen atoms in total. The standard InChI is InChI=1S/C16H16N2OS/c1-4-7-18-14-11(3)8-10(2)9-13(14)20-16(18)17-15(19)12-5-6-12/h1,8-9,12H,5-7H2,2-3H3. The van der Waals surface area contributed by atoms with Gasteiger partial charge < -0.3 is 4.57 Å². The number of terminal acetylenes is 1. The van der Waals surface area contributed by atoms with Gasteiger partial charge in [0.1, 0.15) is 0 Å². The van der Waals surface area contributed by atoms with E-state index in [0.29, 0.717) is 6.54 Å². The third-order valence-corrected chi connectivity index (χ3v) is 4.52. The molecule has 0 N–H and O–H groups in total. The molecule has 0 spiro atoms. The van der Waals surface area contributed by atoms with Crippen LogP contribution in [0, 0.1) is 32.1 Å². The van der Waals surface area contributed by atoms with Crippen molar-refractivity contribution < 1.29 is 4.79 Å². The molecule has 102 valence electrons. The number of thiazole rings is 1. The van der Waals surface area contributed by atoms with Crippen molar-refractivity contribution in [2.45, 2.75) is 33.2 Å². The first-order chi connectivity index (χ1) is 9.60. The van der Waals surface area contributed by atoms with Crippen molar-refractivity contribution in [3.05, 3.63) is 28.1 Å². The molecular formula is C16H16N2OS. The number of carbonyl (C=O) groups excluding carboxylic acids is 1. The summed E-state index contributed by atoms with van der Waals surface area (Å²) in [5.74, 6) is 2.80. The van der Waals surface area contributed by atoms with Crippen LogP contribution in [0.5, 0.6) is 0 Å². The van der Waals surface area contributed by atoms with E-state index >= 15 is 0 Å². The number of fused-ring (bicyclic) bond motifs is 1. The van der Waals surface area contributed by atoms with Crippen molar-refractivity contribution in [3.63, 3.8) is 0 Å². The van der Waals surface area contributed by atoms with Crippen LogP contribution in [-0.2, 0) is 11.3 Å². The average Bonchev–Trinajstić information content (AvgIpc) is 3.16. The van der Waals surface area contributed by atoms with Gasteiger partial charge in [-0.05, 0) is 43.9 Å². The van der Waals surface area contributed by atoms with Crippen LogP contribution in [0.2, 0.25) is 0 Å². The highest BCUT2D eigenvalue weighted by molar-refractivity contribution is 7.16. The fraction of sp³-hybridized carbons (Fsp3) is 0.375. The molecule has 1 heterocycles. The van der Waals surface area contributed by atoms with Gasteiger partial charge in [0.25, 0.3) is 5.91 Å². The lowest BCUT2D eigenvalue weighted by atomic mass is 10.1. The summed E-state index contributed by atoms with van der Waals surface area (Å²) >= 11 is 1.55. The first kappa shape index (κ1) is 13.1. The van der Waals surface area contributed by atoms with Crippen LogP contribution in [0.25, 0.3) is 10.2 Å². The molecule has 0 aliphatic heterocycles.